The molecule has 1 N–H and O–H groups in total. The van der Waals surface area contributed by atoms with Gasteiger partial charge in [-0.15, -0.1) is 0 Å². The van der Waals surface area contributed by atoms with Crippen LogP contribution < -0.4 is 5.32 Å². The van der Waals surface area contributed by atoms with Crippen LogP contribution in [0.5, 0.6) is 0 Å². The van der Waals surface area contributed by atoms with Crippen molar-refractivity contribution in [1.82, 2.24) is 9.46 Å². The van der Waals surface area contributed by atoms with Crippen molar-refractivity contribution in [3.63, 3.8) is 0 Å². The first kappa shape index (κ1) is 25.7. The van der Waals surface area contributed by atoms with Gasteiger partial charge in [-0.25, -0.2) is 17.2 Å². The molecule has 1 fully saturated rings. The lowest BCUT2D eigenvalue weighted by Crippen LogP contribution is -2.41. The maximum Gasteiger partial charge on any atom is 0.248 e. The van der Waals surface area contributed by atoms with Crippen LogP contribution in [0.15, 0.2) is 45.8 Å². The van der Waals surface area contributed by atoms with Crippen molar-refractivity contribution in [3.8, 4) is 0 Å². The average Bonchev–Trinajstić information content (AvgIpc) is 3.22. The van der Waals surface area contributed by atoms with E-state index in [0.29, 0.717) is 12.8 Å². The number of anilines is 1. The first-order valence-electron chi connectivity index (χ1n) is 11.5. The van der Waals surface area contributed by atoms with Gasteiger partial charge in [0.1, 0.15) is 17.3 Å². The molecule has 0 radical (unpaired) electrons. The predicted molar refractivity (Wildman–Crippen MR) is 133 cm³/mol. The zero-order valence-corrected chi connectivity index (χ0v) is 21.0. The summed E-state index contributed by atoms with van der Waals surface area (Å²) in [6, 6.07) is 8.91. The first-order valence-corrected chi connectivity index (χ1v) is 13.0. The van der Waals surface area contributed by atoms with Crippen molar-refractivity contribution < 1.29 is 26.5 Å². The SMILES string of the molecule is Cc1ccc(C)c(NC(=O)C2CCN(S(=O)(=O)c3c(C)noc3C=Cc3ccc(F)cc3F)CC2)c1. The van der Waals surface area contributed by atoms with Crippen molar-refractivity contribution >= 4 is 33.8 Å². The molecule has 1 aromatic heterocycles. The molecule has 7 nitrogen and oxygen atoms in total. The fourth-order valence-electron chi connectivity index (χ4n) is 4.19. The summed E-state index contributed by atoms with van der Waals surface area (Å²) >= 11 is 0. The molecule has 2 heterocycles. The molecule has 0 bridgehead atoms. The summed E-state index contributed by atoms with van der Waals surface area (Å²) in [5.74, 6) is -2.00. The highest BCUT2D eigenvalue weighted by Gasteiger charge is 2.36. The number of sulfonamides is 1. The third kappa shape index (κ3) is 5.39. The van der Waals surface area contributed by atoms with Gasteiger partial charge in [0.05, 0.1) is 0 Å². The number of hydrogen-bond donors (Lipinski definition) is 1. The third-order valence-corrected chi connectivity index (χ3v) is 8.34. The molecule has 0 aliphatic carbocycles. The first-order chi connectivity index (χ1) is 17.1. The molecule has 0 atom stereocenters. The number of nitrogens with zero attached hydrogens (tertiary/aromatic N) is 2. The molecule has 190 valence electrons. The lowest BCUT2D eigenvalue weighted by atomic mass is 9.97. The van der Waals surface area contributed by atoms with Crippen LogP contribution in [0.4, 0.5) is 14.5 Å². The van der Waals surface area contributed by atoms with Gasteiger partial charge in [0.2, 0.25) is 15.9 Å². The van der Waals surface area contributed by atoms with Crippen molar-refractivity contribution in [2.45, 2.75) is 38.5 Å². The van der Waals surface area contributed by atoms with E-state index in [1.807, 2.05) is 32.0 Å². The molecule has 10 heteroatoms. The molecule has 4 rings (SSSR count). The maximum atomic E-state index is 14.0. The topological polar surface area (TPSA) is 92.5 Å². The van der Waals surface area contributed by atoms with E-state index in [-0.39, 0.29) is 46.8 Å². The van der Waals surface area contributed by atoms with Gasteiger partial charge < -0.3 is 9.84 Å². The van der Waals surface area contributed by atoms with Crippen LogP contribution in [0.2, 0.25) is 0 Å². The van der Waals surface area contributed by atoms with E-state index in [2.05, 4.69) is 10.5 Å². The summed E-state index contributed by atoms with van der Waals surface area (Å²) in [7, 11) is -3.98. The molecule has 1 saturated heterocycles. The van der Waals surface area contributed by atoms with Gasteiger partial charge in [0.25, 0.3) is 0 Å². The summed E-state index contributed by atoms with van der Waals surface area (Å²) < 4.78 is 60.5. The Morgan fingerprint density at radius 1 is 1.08 bits per heavy atom. The Bertz CT molecular complexity index is 1420. The number of piperidine rings is 1. The molecule has 36 heavy (non-hydrogen) atoms. The minimum atomic E-state index is -3.98. The number of amides is 1. The van der Waals surface area contributed by atoms with Crippen LogP contribution in [0.25, 0.3) is 12.2 Å². The van der Waals surface area contributed by atoms with E-state index in [0.717, 1.165) is 28.9 Å². The number of rotatable bonds is 6. The maximum absolute atomic E-state index is 14.0. The smallest absolute Gasteiger partial charge is 0.248 e. The highest BCUT2D eigenvalue weighted by molar-refractivity contribution is 7.89. The zero-order valence-electron chi connectivity index (χ0n) is 20.2. The molecular weight excluding hydrogens is 488 g/mol. The highest BCUT2D eigenvalue weighted by atomic mass is 32.2. The van der Waals surface area contributed by atoms with Gasteiger partial charge >= 0.3 is 0 Å². The van der Waals surface area contributed by atoms with E-state index in [1.54, 1.807) is 0 Å². The van der Waals surface area contributed by atoms with Gasteiger partial charge in [-0.3, -0.25) is 4.79 Å². The number of halogens is 2. The molecule has 2 aromatic carbocycles. The Balaban J connectivity index is 1.47. The number of hydrogen-bond acceptors (Lipinski definition) is 5. The largest absolute Gasteiger partial charge is 0.355 e. The van der Waals surface area contributed by atoms with Gasteiger partial charge in [-0.05, 0) is 75.1 Å². The summed E-state index contributed by atoms with van der Waals surface area (Å²) in [6.45, 7) is 5.70. The Kier molecular flexibility index (Phi) is 7.37. The van der Waals surface area contributed by atoms with Crippen LogP contribution in [-0.4, -0.2) is 36.9 Å². The number of carbonyl (C=O) groups is 1. The molecule has 0 spiro atoms. The number of carbonyl (C=O) groups excluding carboxylic acids is 1. The van der Waals surface area contributed by atoms with Gasteiger partial charge in [0, 0.05) is 36.3 Å². The fourth-order valence-corrected chi connectivity index (χ4v) is 5.91. The second kappa shape index (κ2) is 10.3. The van der Waals surface area contributed by atoms with Crippen LogP contribution in [0.3, 0.4) is 0 Å². The lowest BCUT2D eigenvalue weighted by molar-refractivity contribution is -0.120. The number of benzene rings is 2. The lowest BCUT2D eigenvalue weighted by Gasteiger charge is -2.30. The van der Waals surface area contributed by atoms with Gasteiger partial charge in [0.15, 0.2) is 10.7 Å². The number of aryl methyl sites for hydroxylation is 3. The minimum Gasteiger partial charge on any atom is -0.355 e. The molecular formula is C26H27F2N3O4S. The van der Waals surface area contributed by atoms with E-state index < -0.39 is 21.7 Å². The molecule has 0 unspecified atom stereocenters. The average molecular weight is 516 g/mol. The van der Waals surface area contributed by atoms with Gasteiger partial charge in [-0.1, -0.05) is 17.3 Å². The standard InChI is InChI=1S/C26H27F2N3O4S/c1-16-4-5-17(2)23(14-16)29-26(32)20-10-12-31(13-11-20)36(33,34)25-18(3)30-35-24(25)9-7-19-6-8-21(27)15-22(19)28/h4-9,14-15,20H,10-13H2,1-3H3,(H,29,32). The van der Waals surface area contributed by atoms with Crippen molar-refractivity contribution in [1.29, 1.82) is 0 Å². The van der Waals surface area contributed by atoms with Crippen molar-refractivity contribution in [2.75, 3.05) is 18.4 Å². The van der Waals surface area contributed by atoms with Crippen LogP contribution in [0.1, 0.15) is 41.0 Å². The molecule has 0 saturated carbocycles. The van der Waals surface area contributed by atoms with E-state index in [9.17, 15) is 22.0 Å². The molecule has 1 aliphatic rings. The van der Waals surface area contributed by atoms with Crippen LogP contribution >= 0.6 is 0 Å². The van der Waals surface area contributed by atoms with E-state index in [1.165, 1.54) is 29.4 Å². The molecule has 1 aliphatic heterocycles. The van der Waals surface area contributed by atoms with Crippen molar-refractivity contribution in [2.24, 2.45) is 5.92 Å². The Hall–Kier alpha value is -3.37. The summed E-state index contributed by atoms with van der Waals surface area (Å²) in [5.41, 5.74) is 2.99. The van der Waals surface area contributed by atoms with E-state index in [4.69, 9.17) is 4.52 Å². The van der Waals surface area contributed by atoms with Gasteiger partial charge in [-0.2, -0.15) is 4.31 Å². The van der Waals surface area contributed by atoms with Crippen LogP contribution in [-0.2, 0) is 14.8 Å². The predicted octanol–water partition coefficient (Wildman–Crippen LogP) is 5.09. The molecule has 1 amide bonds. The van der Waals surface area contributed by atoms with Crippen molar-refractivity contribution in [3.05, 3.63) is 76.2 Å². The quantitative estimate of drug-likeness (QED) is 0.494. The second-order valence-corrected chi connectivity index (χ2v) is 10.8. The van der Waals surface area contributed by atoms with E-state index >= 15 is 0 Å². The highest BCUT2D eigenvalue weighted by Crippen LogP contribution is 2.30. The second-order valence-electron chi connectivity index (χ2n) is 8.95. The van der Waals surface area contributed by atoms with Crippen LogP contribution in [0, 0.1) is 38.3 Å². The zero-order chi connectivity index (χ0) is 26.0. The summed E-state index contributed by atoms with van der Waals surface area (Å²) in [5, 5.41) is 6.75. The Morgan fingerprint density at radius 2 is 1.81 bits per heavy atom. The fraction of sp³-hybridized carbons (Fsp3) is 0.308. The summed E-state index contributed by atoms with van der Waals surface area (Å²) in [4.78, 5) is 12.7. The number of aromatic nitrogens is 1. The Morgan fingerprint density at radius 3 is 2.50 bits per heavy atom. The normalized spacial score (nSPS) is 15.5. The number of nitrogens with one attached hydrogen (secondary N) is 1. The Labute approximate surface area is 208 Å². The molecule has 3 aromatic rings. The summed E-state index contributed by atoms with van der Waals surface area (Å²) in [6.07, 6.45) is 3.34. The minimum absolute atomic E-state index is 0.0500. The third-order valence-electron chi connectivity index (χ3n) is 6.28. The monoisotopic (exact) mass is 515 g/mol.